The summed E-state index contributed by atoms with van der Waals surface area (Å²) in [6.45, 7) is 3.30. The van der Waals surface area contributed by atoms with Crippen LogP contribution in [0.3, 0.4) is 0 Å². The lowest BCUT2D eigenvalue weighted by Gasteiger charge is -2.14. The van der Waals surface area contributed by atoms with Gasteiger partial charge in [-0.15, -0.1) is 0 Å². The molecule has 0 fully saturated rings. The van der Waals surface area contributed by atoms with E-state index < -0.39 is 12.5 Å². The van der Waals surface area contributed by atoms with Crippen LogP contribution in [0.25, 0.3) is 0 Å². The third-order valence-corrected chi connectivity index (χ3v) is 2.87. The van der Waals surface area contributed by atoms with Crippen molar-refractivity contribution in [2.75, 3.05) is 13.7 Å². The molecule has 0 spiro atoms. The van der Waals surface area contributed by atoms with Crippen molar-refractivity contribution in [3.05, 3.63) is 41.2 Å². The van der Waals surface area contributed by atoms with E-state index in [9.17, 15) is 4.79 Å². The Kier molecular flexibility index (Phi) is 6.42. The first-order valence-electron chi connectivity index (χ1n) is 6.51. The number of ether oxygens (including phenoxy) is 1. The third-order valence-electron chi connectivity index (χ3n) is 2.87. The van der Waals surface area contributed by atoms with E-state index in [2.05, 4.69) is 10.6 Å². The highest BCUT2D eigenvalue weighted by molar-refractivity contribution is 5.99. The molecule has 114 valence electrons. The SMILES string of the molecule is COc1ccc(CN/C(C)=C(/NC(=O)CO)C(C)=N)cc1. The maximum absolute atomic E-state index is 11.2. The van der Waals surface area contributed by atoms with Crippen LogP contribution in [0, 0.1) is 5.41 Å². The minimum atomic E-state index is -0.609. The summed E-state index contributed by atoms with van der Waals surface area (Å²) in [5.41, 5.74) is 2.31. The number of allylic oxidation sites excluding steroid dienone is 2. The largest absolute Gasteiger partial charge is 0.497 e. The van der Waals surface area contributed by atoms with Crippen LogP contribution < -0.4 is 15.4 Å². The average molecular weight is 291 g/mol. The average Bonchev–Trinajstić information content (AvgIpc) is 2.50. The first-order chi connectivity index (χ1) is 9.97. The molecule has 6 nitrogen and oxygen atoms in total. The molecular weight excluding hydrogens is 270 g/mol. The van der Waals surface area contributed by atoms with E-state index in [4.69, 9.17) is 15.3 Å². The maximum atomic E-state index is 11.2. The number of aliphatic hydroxyl groups is 1. The number of carbonyl (C=O) groups excluding carboxylic acids is 1. The zero-order valence-electron chi connectivity index (χ0n) is 12.5. The zero-order valence-corrected chi connectivity index (χ0v) is 12.5. The smallest absolute Gasteiger partial charge is 0.250 e. The number of benzene rings is 1. The molecule has 6 heteroatoms. The summed E-state index contributed by atoms with van der Waals surface area (Å²) in [5, 5.41) is 22.1. The maximum Gasteiger partial charge on any atom is 0.250 e. The van der Waals surface area contributed by atoms with Gasteiger partial charge in [0.1, 0.15) is 12.4 Å². The highest BCUT2D eigenvalue weighted by atomic mass is 16.5. The number of aliphatic hydroxyl groups excluding tert-OH is 1. The van der Waals surface area contributed by atoms with Gasteiger partial charge in [-0.2, -0.15) is 0 Å². The van der Waals surface area contributed by atoms with Crippen LogP contribution in [0.2, 0.25) is 0 Å². The summed E-state index contributed by atoms with van der Waals surface area (Å²) >= 11 is 0. The van der Waals surface area contributed by atoms with Crippen molar-refractivity contribution in [2.24, 2.45) is 0 Å². The standard InChI is InChI=1S/C15H21N3O3/c1-10(16)15(18-14(20)9-19)11(2)17-8-12-4-6-13(21-3)7-5-12/h4-7,16-17,19H,8-9H2,1-3H3,(H,18,20)/b15-11+,16-10?. The molecule has 0 aliphatic carbocycles. The van der Waals surface area contributed by atoms with Gasteiger partial charge in [0, 0.05) is 12.2 Å². The molecule has 0 bridgehead atoms. The molecule has 0 heterocycles. The fourth-order valence-corrected chi connectivity index (χ4v) is 1.71. The van der Waals surface area contributed by atoms with Gasteiger partial charge < -0.3 is 25.9 Å². The van der Waals surface area contributed by atoms with Crippen LogP contribution in [0.1, 0.15) is 19.4 Å². The Labute approximate surface area is 124 Å². The molecule has 0 atom stereocenters. The van der Waals surface area contributed by atoms with E-state index in [0.29, 0.717) is 17.9 Å². The second-order valence-corrected chi connectivity index (χ2v) is 4.53. The van der Waals surface area contributed by atoms with Gasteiger partial charge in [-0.25, -0.2) is 0 Å². The first kappa shape index (κ1) is 16.7. The van der Waals surface area contributed by atoms with Gasteiger partial charge in [-0.1, -0.05) is 12.1 Å². The summed E-state index contributed by atoms with van der Waals surface area (Å²) in [6.07, 6.45) is 0. The molecular formula is C15H21N3O3. The van der Waals surface area contributed by atoms with Crippen molar-refractivity contribution in [1.29, 1.82) is 5.41 Å². The quantitative estimate of drug-likeness (QED) is 0.567. The molecule has 0 aliphatic rings. The summed E-state index contributed by atoms with van der Waals surface area (Å²) in [5.74, 6) is 0.249. The van der Waals surface area contributed by atoms with Crippen LogP contribution in [0.5, 0.6) is 5.75 Å². The van der Waals surface area contributed by atoms with Crippen molar-refractivity contribution >= 4 is 11.6 Å². The normalized spacial score (nSPS) is 11.4. The second kappa shape index (κ2) is 8.06. The molecule has 0 aliphatic heterocycles. The molecule has 4 N–H and O–H groups in total. The summed E-state index contributed by atoms with van der Waals surface area (Å²) in [6, 6.07) is 7.60. The predicted molar refractivity (Wildman–Crippen MR) is 81.2 cm³/mol. The molecule has 0 unspecified atom stereocenters. The van der Waals surface area contributed by atoms with E-state index in [1.165, 1.54) is 0 Å². The van der Waals surface area contributed by atoms with Gasteiger partial charge in [0.05, 0.1) is 18.5 Å². The lowest BCUT2D eigenvalue weighted by Crippen LogP contribution is -2.31. The van der Waals surface area contributed by atoms with Gasteiger partial charge in [0.15, 0.2) is 0 Å². The number of nitrogens with one attached hydrogen (secondary N) is 3. The molecule has 1 rings (SSSR count). The summed E-state index contributed by atoms with van der Waals surface area (Å²) in [7, 11) is 1.61. The van der Waals surface area contributed by atoms with Crippen molar-refractivity contribution in [1.82, 2.24) is 10.6 Å². The molecule has 0 saturated heterocycles. The lowest BCUT2D eigenvalue weighted by molar-refractivity contribution is -0.123. The van der Waals surface area contributed by atoms with Crippen LogP contribution in [-0.4, -0.2) is 30.4 Å². The van der Waals surface area contributed by atoms with Gasteiger partial charge in [0.2, 0.25) is 5.91 Å². The van der Waals surface area contributed by atoms with Crippen LogP contribution >= 0.6 is 0 Å². The monoisotopic (exact) mass is 291 g/mol. The fraction of sp³-hybridized carbons (Fsp3) is 0.333. The Bertz CT molecular complexity index is 536. The van der Waals surface area contributed by atoms with Gasteiger partial charge in [0.25, 0.3) is 0 Å². The lowest BCUT2D eigenvalue weighted by atomic mass is 10.2. The van der Waals surface area contributed by atoms with E-state index in [1.807, 2.05) is 24.3 Å². The van der Waals surface area contributed by atoms with Crippen molar-refractivity contribution in [2.45, 2.75) is 20.4 Å². The topological polar surface area (TPSA) is 94.4 Å². The van der Waals surface area contributed by atoms with E-state index in [0.717, 1.165) is 11.3 Å². The van der Waals surface area contributed by atoms with Crippen molar-refractivity contribution in [3.63, 3.8) is 0 Å². The number of carbonyl (C=O) groups is 1. The van der Waals surface area contributed by atoms with Crippen LogP contribution in [0.15, 0.2) is 35.7 Å². The number of hydrogen-bond donors (Lipinski definition) is 4. The Hall–Kier alpha value is -2.34. The molecule has 0 radical (unpaired) electrons. The zero-order chi connectivity index (χ0) is 15.8. The van der Waals surface area contributed by atoms with E-state index in [-0.39, 0.29) is 5.71 Å². The molecule has 1 aromatic rings. The fourth-order valence-electron chi connectivity index (χ4n) is 1.71. The second-order valence-electron chi connectivity index (χ2n) is 4.53. The minimum absolute atomic E-state index is 0.219. The number of hydrogen-bond acceptors (Lipinski definition) is 5. The highest BCUT2D eigenvalue weighted by Gasteiger charge is 2.09. The van der Waals surface area contributed by atoms with Crippen LogP contribution in [0.4, 0.5) is 0 Å². The van der Waals surface area contributed by atoms with Gasteiger partial charge in [-0.05, 0) is 31.5 Å². The van der Waals surface area contributed by atoms with Crippen LogP contribution in [-0.2, 0) is 11.3 Å². The van der Waals surface area contributed by atoms with E-state index >= 15 is 0 Å². The van der Waals surface area contributed by atoms with Crippen molar-refractivity contribution < 1.29 is 14.6 Å². The molecule has 1 amide bonds. The molecule has 0 saturated carbocycles. The summed E-state index contributed by atoms with van der Waals surface area (Å²) in [4.78, 5) is 11.2. The Morgan fingerprint density at radius 2 is 1.90 bits per heavy atom. The number of rotatable bonds is 7. The Balaban J connectivity index is 2.74. The van der Waals surface area contributed by atoms with Gasteiger partial charge >= 0.3 is 0 Å². The molecule has 21 heavy (non-hydrogen) atoms. The van der Waals surface area contributed by atoms with Crippen molar-refractivity contribution in [3.8, 4) is 5.75 Å². The predicted octanol–water partition coefficient (Wildman–Crippen LogP) is 1.16. The first-order valence-corrected chi connectivity index (χ1v) is 6.51. The molecule has 1 aromatic carbocycles. The van der Waals surface area contributed by atoms with E-state index in [1.54, 1.807) is 21.0 Å². The molecule has 0 aromatic heterocycles. The van der Waals surface area contributed by atoms with Gasteiger partial charge in [-0.3, -0.25) is 4.79 Å². The Morgan fingerprint density at radius 1 is 1.29 bits per heavy atom. The number of amides is 1. The number of methoxy groups -OCH3 is 1. The highest BCUT2D eigenvalue weighted by Crippen LogP contribution is 2.11. The minimum Gasteiger partial charge on any atom is -0.497 e. The Morgan fingerprint density at radius 3 is 2.38 bits per heavy atom. The third kappa shape index (κ3) is 5.27. The summed E-state index contributed by atoms with van der Waals surface area (Å²) < 4.78 is 5.09.